The van der Waals surface area contributed by atoms with Crippen molar-refractivity contribution < 1.29 is 0 Å². The number of allylic oxidation sites excluding steroid dienone is 1. The Morgan fingerprint density at radius 2 is 2.00 bits per heavy atom. The van der Waals surface area contributed by atoms with E-state index in [9.17, 15) is 9.59 Å². The Morgan fingerprint density at radius 3 is 2.47 bits per heavy atom. The molecule has 1 rings (SSSR count). The zero-order chi connectivity index (χ0) is 13.2. The van der Waals surface area contributed by atoms with E-state index in [4.69, 9.17) is 0 Å². The zero-order valence-electron chi connectivity index (χ0n) is 10.9. The van der Waals surface area contributed by atoms with Crippen molar-refractivity contribution in [2.45, 2.75) is 13.3 Å². The van der Waals surface area contributed by atoms with Gasteiger partial charge in [-0.25, -0.2) is 9.36 Å². The maximum Gasteiger partial charge on any atom is 0.335 e. The SMILES string of the molecule is C=C(C)n1c(=O)cc(CCN(C)C)n(C)c1=O. The molecule has 1 heterocycles. The van der Waals surface area contributed by atoms with Crippen LogP contribution in [0.5, 0.6) is 0 Å². The molecular formula is C12H19N3O2. The summed E-state index contributed by atoms with van der Waals surface area (Å²) >= 11 is 0. The molecule has 0 atom stereocenters. The van der Waals surface area contributed by atoms with Gasteiger partial charge in [0.25, 0.3) is 5.56 Å². The molecular weight excluding hydrogens is 218 g/mol. The maximum atomic E-state index is 11.9. The van der Waals surface area contributed by atoms with Gasteiger partial charge in [0.05, 0.1) is 0 Å². The first-order valence-electron chi connectivity index (χ1n) is 5.47. The molecule has 0 fully saturated rings. The maximum absolute atomic E-state index is 11.9. The molecule has 0 spiro atoms. The van der Waals surface area contributed by atoms with Crippen molar-refractivity contribution in [2.75, 3.05) is 20.6 Å². The number of aromatic nitrogens is 2. The molecule has 0 bridgehead atoms. The minimum absolute atomic E-state index is 0.311. The highest BCUT2D eigenvalue weighted by molar-refractivity contribution is 5.37. The third-order valence-corrected chi connectivity index (χ3v) is 2.62. The molecule has 5 heteroatoms. The van der Waals surface area contributed by atoms with Gasteiger partial charge in [-0.1, -0.05) is 6.58 Å². The molecule has 5 nitrogen and oxygen atoms in total. The average molecular weight is 237 g/mol. The highest BCUT2D eigenvalue weighted by atomic mass is 16.2. The van der Waals surface area contributed by atoms with Crippen molar-refractivity contribution in [1.29, 1.82) is 0 Å². The van der Waals surface area contributed by atoms with Crippen LogP contribution in [0.4, 0.5) is 0 Å². The third-order valence-electron chi connectivity index (χ3n) is 2.62. The molecule has 0 N–H and O–H groups in total. The normalized spacial score (nSPS) is 10.9. The molecule has 0 saturated heterocycles. The summed E-state index contributed by atoms with van der Waals surface area (Å²) in [5.41, 5.74) is 0.536. The second-order valence-corrected chi connectivity index (χ2v) is 4.44. The van der Waals surface area contributed by atoms with Gasteiger partial charge in [0.2, 0.25) is 0 Å². The Hall–Kier alpha value is -1.62. The molecule has 17 heavy (non-hydrogen) atoms. The van der Waals surface area contributed by atoms with Crippen LogP contribution in [0, 0.1) is 0 Å². The Morgan fingerprint density at radius 1 is 1.41 bits per heavy atom. The van der Waals surface area contributed by atoms with Crippen molar-refractivity contribution in [2.24, 2.45) is 7.05 Å². The van der Waals surface area contributed by atoms with Gasteiger partial charge in [0.1, 0.15) is 0 Å². The van der Waals surface area contributed by atoms with Crippen LogP contribution in [0.15, 0.2) is 22.2 Å². The van der Waals surface area contributed by atoms with Crippen LogP contribution < -0.4 is 11.2 Å². The van der Waals surface area contributed by atoms with E-state index in [1.165, 1.54) is 10.6 Å². The highest BCUT2D eigenvalue weighted by Gasteiger charge is 2.08. The summed E-state index contributed by atoms with van der Waals surface area (Å²) in [6.07, 6.45) is 0.672. The minimum Gasteiger partial charge on any atom is -0.309 e. The van der Waals surface area contributed by atoms with Crippen LogP contribution in [-0.2, 0) is 13.5 Å². The molecule has 0 aliphatic rings. The van der Waals surface area contributed by atoms with Gasteiger partial charge >= 0.3 is 5.69 Å². The van der Waals surface area contributed by atoms with Gasteiger partial charge in [-0.2, -0.15) is 0 Å². The molecule has 0 amide bonds. The van der Waals surface area contributed by atoms with Crippen molar-refractivity contribution in [1.82, 2.24) is 14.0 Å². The molecule has 0 radical (unpaired) electrons. The lowest BCUT2D eigenvalue weighted by molar-refractivity contribution is 0.408. The summed E-state index contributed by atoms with van der Waals surface area (Å²) in [7, 11) is 5.58. The van der Waals surface area contributed by atoms with E-state index in [1.54, 1.807) is 14.0 Å². The number of hydrogen-bond acceptors (Lipinski definition) is 3. The Bertz CT molecular complexity index is 538. The zero-order valence-corrected chi connectivity index (χ0v) is 10.9. The van der Waals surface area contributed by atoms with Crippen molar-refractivity contribution in [3.05, 3.63) is 39.2 Å². The molecule has 0 aliphatic heterocycles. The van der Waals surface area contributed by atoms with Crippen molar-refractivity contribution >= 4 is 5.70 Å². The number of nitrogens with zero attached hydrogens (tertiary/aromatic N) is 3. The molecule has 0 aliphatic carbocycles. The first kappa shape index (κ1) is 13.4. The van der Waals surface area contributed by atoms with Crippen LogP contribution in [0.25, 0.3) is 5.70 Å². The number of rotatable bonds is 4. The summed E-state index contributed by atoms with van der Waals surface area (Å²) in [5.74, 6) is 0. The molecule has 94 valence electrons. The molecule has 1 aromatic rings. The van der Waals surface area contributed by atoms with E-state index in [0.717, 1.165) is 16.8 Å². The van der Waals surface area contributed by atoms with Gasteiger partial charge in [0.15, 0.2) is 0 Å². The largest absolute Gasteiger partial charge is 0.335 e. The topological polar surface area (TPSA) is 47.2 Å². The monoisotopic (exact) mass is 237 g/mol. The van der Waals surface area contributed by atoms with Crippen LogP contribution >= 0.6 is 0 Å². The van der Waals surface area contributed by atoms with Crippen LogP contribution in [-0.4, -0.2) is 34.7 Å². The molecule has 1 aromatic heterocycles. The summed E-state index contributed by atoms with van der Waals surface area (Å²) < 4.78 is 2.58. The standard InChI is InChI=1S/C12H19N3O2/c1-9(2)15-11(16)8-10(6-7-13(3)4)14(5)12(15)17/h8H,1,6-7H2,2-5H3. The Balaban J connectivity index is 3.26. The second kappa shape index (κ2) is 5.14. The summed E-state index contributed by atoms with van der Waals surface area (Å²) in [4.78, 5) is 25.7. The van der Waals surface area contributed by atoms with Crippen LogP contribution in [0.2, 0.25) is 0 Å². The first-order chi connectivity index (χ1) is 7.84. The van der Waals surface area contributed by atoms with Crippen molar-refractivity contribution in [3.8, 4) is 0 Å². The van der Waals surface area contributed by atoms with Gasteiger partial charge in [-0.3, -0.25) is 4.79 Å². The molecule has 0 aromatic carbocycles. The lowest BCUT2D eigenvalue weighted by Gasteiger charge is -2.13. The van der Waals surface area contributed by atoms with E-state index >= 15 is 0 Å². The summed E-state index contributed by atoms with van der Waals surface area (Å²) in [6, 6.07) is 1.50. The summed E-state index contributed by atoms with van der Waals surface area (Å²) in [6.45, 7) is 6.07. The molecule has 0 unspecified atom stereocenters. The fourth-order valence-corrected chi connectivity index (χ4v) is 1.60. The van der Waals surface area contributed by atoms with Crippen LogP contribution in [0.1, 0.15) is 12.6 Å². The van der Waals surface area contributed by atoms with Crippen molar-refractivity contribution in [3.63, 3.8) is 0 Å². The Labute approximate surface area is 101 Å². The van der Waals surface area contributed by atoms with E-state index < -0.39 is 0 Å². The fourth-order valence-electron chi connectivity index (χ4n) is 1.60. The Kier molecular flexibility index (Phi) is 4.07. The fraction of sp³-hybridized carbons (Fsp3) is 0.500. The predicted molar refractivity (Wildman–Crippen MR) is 69.2 cm³/mol. The first-order valence-corrected chi connectivity index (χ1v) is 5.47. The van der Waals surface area contributed by atoms with E-state index in [0.29, 0.717) is 12.1 Å². The van der Waals surface area contributed by atoms with Gasteiger partial charge in [0, 0.05) is 37.5 Å². The molecule has 0 saturated carbocycles. The lowest BCUT2D eigenvalue weighted by Crippen LogP contribution is -2.39. The number of likely N-dealkylation sites (N-methyl/N-ethyl adjacent to an activating group) is 1. The van der Waals surface area contributed by atoms with Gasteiger partial charge in [-0.05, 0) is 21.0 Å². The minimum atomic E-state index is -0.334. The highest BCUT2D eigenvalue weighted by Crippen LogP contribution is 1.96. The smallest absolute Gasteiger partial charge is 0.309 e. The van der Waals surface area contributed by atoms with E-state index in [-0.39, 0.29) is 11.2 Å². The quantitative estimate of drug-likeness (QED) is 0.748. The average Bonchev–Trinajstić information content (AvgIpc) is 2.20. The van der Waals surface area contributed by atoms with Crippen LogP contribution in [0.3, 0.4) is 0 Å². The number of hydrogen-bond donors (Lipinski definition) is 0. The summed E-state index contributed by atoms with van der Waals surface area (Å²) in [5, 5.41) is 0. The van der Waals surface area contributed by atoms with Gasteiger partial charge in [-0.15, -0.1) is 0 Å². The predicted octanol–water partition coefficient (Wildman–Crippen LogP) is 0.142. The van der Waals surface area contributed by atoms with E-state index in [1.807, 2.05) is 19.0 Å². The van der Waals surface area contributed by atoms with Gasteiger partial charge < -0.3 is 9.47 Å². The lowest BCUT2D eigenvalue weighted by atomic mass is 10.2. The third kappa shape index (κ3) is 2.94. The second-order valence-electron chi connectivity index (χ2n) is 4.44. The van der Waals surface area contributed by atoms with E-state index in [2.05, 4.69) is 6.58 Å².